The highest BCUT2D eigenvalue weighted by atomic mass is 35.5. The van der Waals surface area contributed by atoms with E-state index >= 15 is 0 Å². The summed E-state index contributed by atoms with van der Waals surface area (Å²) in [5.41, 5.74) is 6.05. The molecule has 0 saturated heterocycles. The number of carbonyl (C=O) groups excluding carboxylic acids is 1. The Hall–Kier alpha value is -1.30. The molecule has 2 rings (SSSR count). The van der Waals surface area contributed by atoms with Gasteiger partial charge in [-0.05, 0) is 18.2 Å². The van der Waals surface area contributed by atoms with Crippen molar-refractivity contribution >= 4 is 46.1 Å². The van der Waals surface area contributed by atoms with Crippen LogP contribution in [0.15, 0.2) is 30.5 Å². The Morgan fingerprint density at radius 1 is 1.44 bits per heavy atom. The quantitative estimate of drug-likeness (QED) is 0.912. The molecule has 7 heteroatoms. The molecule has 0 bridgehead atoms. The molecular weight excluding hydrogens is 293 g/mol. The van der Waals surface area contributed by atoms with E-state index in [9.17, 15) is 4.79 Å². The van der Waals surface area contributed by atoms with Gasteiger partial charge in [0.25, 0.3) is 0 Å². The summed E-state index contributed by atoms with van der Waals surface area (Å²) >= 11 is 12.9. The van der Waals surface area contributed by atoms with E-state index < -0.39 is 11.9 Å². The molecular formula is C11H9Cl2N3OS. The maximum atomic E-state index is 11.4. The van der Waals surface area contributed by atoms with E-state index in [4.69, 9.17) is 28.9 Å². The molecule has 1 heterocycles. The molecule has 0 aliphatic heterocycles. The molecule has 18 heavy (non-hydrogen) atoms. The number of hydrogen-bond donors (Lipinski definition) is 2. The van der Waals surface area contributed by atoms with Gasteiger partial charge in [0.2, 0.25) is 5.91 Å². The number of nitrogens with zero attached hydrogens (tertiary/aromatic N) is 1. The largest absolute Gasteiger partial charge is 0.368 e. The number of thiazole rings is 1. The zero-order valence-electron chi connectivity index (χ0n) is 9.06. The second-order valence-electron chi connectivity index (χ2n) is 3.49. The van der Waals surface area contributed by atoms with Crippen LogP contribution >= 0.6 is 34.5 Å². The number of halogens is 2. The average molecular weight is 302 g/mol. The van der Waals surface area contributed by atoms with E-state index in [2.05, 4.69) is 10.3 Å². The van der Waals surface area contributed by atoms with E-state index in [1.165, 1.54) is 17.5 Å². The normalized spacial score (nSPS) is 12.1. The van der Waals surface area contributed by atoms with E-state index in [0.29, 0.717) is 20.1 Å². The smallest absolute Gasteiger partial charge is 0.247 e. The summed E-state index contributed by atoms with van der Waals surface area (Å²) in [7, 11) is 0. The van der Waals surface area contributed by atoms with Crippen molar-refractivity contribution in [3.63, 3.8) is 0 Å². The van der Waals surface area contributed by atoms with Crippen LogP contribution in [-0.2, 0) is 4.79 Å². The molecule has 0 saturated carbocycles. The highest BCUT2D eigenvalue weighted by Gasteiger charge is 2.21. The van der Waals surface area contributed by atoms with Crippen LogP contribution in [0.2, 0.25) is 9.36 Å². The Balaban J connectivity index is 2.24. The van der Waals surface area contributed by atoms with E-state index in [0.717, 1.165) is 0 Å². The summed E-state index contributed by atoms with van der Waals surface area (Å²) in [6.07, 6.45) is 1.48. The molecule has 1 aromatic heterocycles. The number of anilines is 1. The molecule has 0 aliphatic carbocycles. The number of benzene rings is 1. The Kier molecular flexibility index (Phi) is 4.06. The Labute approximate surface area is 118 Å². The van der Waals surface area contributed by atoms with Gasteiger partial charge in [-0.1, -0.05) is 29.3 Å². The summed E-state index contributed by atoms with van der Waals surface area (Å²) in [5.74, 6) is -0.527. The zero-order chi connectivity index (χ0) is 13.1. The van der Waals surface area contributed by atoms with E-state index in [1.54, 1.807) is 24.3 Å². The van der Waals surface area contributed by atoms with Gasteiger partial charge in [0.15, 0.2) is 6.04 Å². The van der Waals surface area contributed by atoms with Gasteiger partial charge >= 0.3 is 0 Å². The minimum Gasteiger partial charge on any atom is -0.368 e. The molecule has 0 fully saturated rings. The number of primary amides is 1. The van der Waals surface area contributed by atoms with Crippen LogP contribution in [0.4, 0.5) is 5.69 Å². The summed E-state index contributed by atoms with van der Waals surface area (Å²) in [6.45, 7) is 0. The van der Waals surface area contributed by atoms with Crippen LogP contribution in [0.25, 0.3) is 0 Å². The van der Waals surface area contributed by atoms with Gasteiger partial charge in [-0.3, -0.25) is 4.79 Å². The first-order chi connectivity index (χ1) is 8.56. The fourth-order valence-corrected chi connectivity index (χ4v) is 2.58. The Morgan fingerprint density at radius 2 is 2.22 bits per heavy atom. The van der Waals surface area contributed by atoms with Gasteiger partial charge in [-0.2, -0.15) is 0 Å². The van der Waals surface area contributed by atoms with Gasteiger partial charge < -0.3 is 11.1 Å². The Bertz CT molecular complexity index is 573. The molecule has 4 nitrogen and oxygen atoms in total. The minimum absolute atomic E-state index is 0.504. The first kappa shape index (κ1) is 13.1. The second-order valence-corrected chi connectivity index (χ2v) is 5.62. The Morgan fingerprint density at radius 3 is 2.78 bits per heavy atom. The first-order valence-electron chi connectivity index (χ1n) is 4.99. The molecule has 1 amide bonds. The molecule has 1 unspecified atom stereocenters. The lowest BCUT2D eigenvalue weighted by Crippen LogP contribution is -2.27. The highest BCUT2D eigenvalue weighted by Crippen LogP contribution is 2.27. The van der Waals surface area contributed by atoms with Gasteiger partial charge in [-0.25, -0.2) is 4.98 Å². The third-order valence-electron chi connectivity index (χ3n) is 2.16. The second kappa shape index (κ2) is 5.56. The summed E-state index contributed by atoms with van der Waals surface area (Å²) in [6, 6.07) is 6.29. The lowest BCUT2D eigenvalue weighted by Gasteiger charge is -2.14. The highest BCUT2D eigenvalue weighted by molar-refractivity contribution is 7.16. The number of carbonyl (C=O) groups is 1. The van der Waals surface area contributed by atoms with E-state index in [1.807, 2.05) is 0 Å². The van der Waals surface area contributed by atoms with Crippen LogP contribution < -0.4 is 11.1 Å². The monoisotopic (exact) mass is 301 g/mol. The molecule has 1 atom stereocenters. The van der Waals surface area contributed by atoms with Crippen LogP contribution in [0.5, 0.6) is 0 Å². The average Bonchev–Trinajstić information content (AvgIpc) is 2.72. The summed E-state index contributed by atoms with van der Waals surface area (Å²) in [4.78, 5) is 15.5. The van der Waals surface area contributed by atoms with Gasteiger partial charge in [0, 0.05) is 10.7 Å². The fraction of sp³-hybridized carbons (Fsp3) is 0.0909. The first-order valence-corrected chi connectivity index (χ1v) is 6.56. The third-order valence-corrected chi connectivity index (χ3v) is 3.58. The van der Waals surface area contributed by atoms with Crippen molar-refractivity contribution in [2.45, 2.75) is 6.04 Å². The van der Waals surface area contributed by atoms with Crippen LogP contribution in [0, 0.1) is 0 Å². The molecule has 0 radical (unpaired) electrons. The number of hydrogen-bond acceptors (Lipinski definition) is 4. The van der Waals surface area contributed by atoms with Crippen molar-refractivity contribution in [3.05, 3.63) is 44.8 Å². The molecule has 1 aromatic carbocycles. The van der Waals surface area contributed by atoms with Gasteiger partial charge in [0.1, 0.15) is 9.34 Å². The summed E-state index contributed by atoms with van der Waals surface area (Å²) in [5, 5.41) is 4.07. The SMILES string of the molecule is NC(=O)C(Nc1cccc(Cl)c1)c1ncc(Cl)s1. The van der Waals surface area contributed by atoms with Crippen LogP contribution in [0.3, 0.4) is 0 Å². The van der Waals surface area contributed by atoms with Crippen molar-refractivity contribution < 1.29 is 4.79 Å². The predicted octanol–water partition coefficient (Wildman–Crippen LogP) is 3.09. The van der Waals surface area contributed by atoms with Crippen LogP contribution in [-0.4, -0.2) is 10.9 Å². The van der Waals surface area contributed by atoms with Crippen molar-refractivity contribution in [3.8, 4) is 0 Å². The number of aromatic nitrogens is 1. The van der Waals surface area contributed by atoms with Crippen molar-refractivity contribution in [2.24, 2.45) is 5.73 Å². The molecule has 3 N–H and O–H groups in total. The lowest BCUT2D eigenvalue weighted by atomic mass is 10.2. The summed E-state index contributed by atoms with van der Waals surface area (Å²) < 4.78 is 0.504. The number of rotatable bonds is 4. The molecule has 2 aromatic rings. The zero-order valence-corrected chi connectivity index (χ0v) is 11.4. The van der Waals surface area contributed by atoms with Gasteiger partial charge in [-0.15, -0.1) is 11.3 Å². The standard InChI is InChI=1S/C11H9Cl2N3OS/c12-6-2-1-3-7(4-6)16-9(10(14)17)11-15-5-8(13)18-11/h1-5,9,16H,(H2,14,17). The van der Waals surface area contributed by atoms with Crippen LogP contribution in [0.1, 0.15) is 11.0 Å². The maximum absolute atomic E-state index is 11.4. The maximum Gasteiger partial charge on any atom is 0.247 e. The predicted molar refractivity (Wildman–Crippen MR) is 74.1 cm³/mol. The fourth-order valence-electron chi connectivity index (χ4n) is 1.40. The lowest BCUT2D eigenvalue weighted by molar-refractivity contribution is -0.118. The molecule has 0 aliphatic rings. The number of amides is 1. The van der Waals surface area contributed by atoms with Crippen molar-refractivity contribution in [1.29, 1.82) is 0 Å². The third kappa shape index (κ3) is 3.13. The molecule has 94 valence electrons. The van der Waals surface area contributed by atoms with Crippen molar-refractivity contribution in [2.75, 3.05) is 5.32 Å². The van der Waals surface area contributed by atoms with Crippen molar-refractivity contribution in [1.82, 2.24) is 4.98 Å². The van der Waals surface area contributed by atoms with E-state index in [-0.39, 0.29) is 0 Å². The number of nitrogens with two attached hydrogens (primary N) is 1. The molecule has 0 spiro atoms. The topological polar surface area (TPSA) is 68.0 Å². The minimum atomic E-state index is -0.721. The van der Waals surface area contributed by atoms with Gasteiger partial charge in [0.05, 0.1) is 6.20 Å². The number of nitrogens with one attached hydrogen (secondary N) is 1.